The fourth-order valence-corrected chi connectivity index (χ4v) is 2.29. The number of rotatable bonds is 4. The van der Waals surface area contributed by atoms with Gasteiger partial charge in [0.05, 0.1) is 18.3 Å². The second-order valence-electron chi connectivity index (χ2n) is 4.54. The molecule has 1 aromatic heterocycles. The van der Waals surface area contributed by atoms with E-state index >= 15 is 0 Å². The van der Waals surface area contributed by atoms with E-state index in [1.165, 1.54) is 10.9 Å². The van der Waals surface area contributed by atoms with Crippen molar-refractivity contribution in [3.63, 3.8) is 0 Å². The van der Waals surface area contributed by atoms with Gasteiger partial charge in [-0.25, -0.2) is 0 Å². The number of anilines is 1. The third-order valence-electron chi connectivity index (χ3n) is 3.32. The van der Waals surface area contributed by atoms with Crippen LogP contribution < -0.4 is 10.1 Å². The van der Waals surface area contributed by atoms with E-state index in [0.717, 1.165) is 23.5 Å². The molecule has 0 atom stereocenters. The Morgan fingerprint density at radius 2 is 1.80 bits per heavy atom. The Balaban J connectivity index is 1.87. The largest absolute Gasteiger partial charge is 0.495 e. The first-order valence-electron chi connectivity index (χ1n) is 6.58. The second kappa shape index (κ2) is 5.61. The van der Waals surface area contributed by atoms with Crippen molar-refractivity contribution in [1.82, 2.24) is 4.98 Å². The Bertz CT molecular complexity index is 720. The Labute approximate surface area is 118 Å². The molecular weight excluding hydrogens is 248 g/mol. The van der Waals surface area contributed by atoms with E-state index < -0.39 is 0 Å². The van der Waals surface area contributed by atoms with Crippen LogP contribution in [-0.2, 0) is 6.54 Å². The van der Waals surface area contributed by atoms with Crippen LogP contribution in [0.15, 0.2) is 60.8 Å². The number of fused-ring (bicyclic) bond motifs is 1. The minimum absolute atomic E-state index is 0.739. The molecule has 3 heteroatoms. The highest BCUT2D eigenvalue weighted by atomic mass is 16.5. The van der Waals surface area contributed by atoms with Crippen LogP contribution in [0, 0.1) is 0 Å². The van der Waals surface area contributed by atoms with Crippen molar-refractivity contribution >= 4 is 16.6 Å². The molecule has 0 fully saturated rings. The lowest BCUT2D eigenvalue weighted by molar-refractivity contribution is 0.416. The van der Waals surface area contributed by atoms with Crippen LogP contribution in [0.2, 0.25) is 0 Å². The summed E-state index contributed by atoms with van der Waals surface area (Å²) in [7, 11) is 1.68. The Morgan fingerprint density at radius 1 is 1.00 bits per heavy atom. The maximum Gasteiger partial charge on any atom is 0.141 e. The standard InChI is InChI=1S/C17H16N2O/c1-20-17-9-5-4-8-16(17)19-12-13-10-11-18-15-7-3-2-6-14(13)15/h2-11,19H,12H2,1H3. The molecule has 0 bridgehead atoms. The summed E-state index contributed by atoms with van der Waals surface area (Å²) >= 11 is 0. The number of pyridine rings is 1. The average molecular weight is 264 g/mol. The van der Waals surface area contributed by atoms with Crippen molar-refractivity contribution < 1.29 is 4.74 Å². The predicted octanol–water partition coefficient (Wildman–Crippen LogP) is 3.86. The predicted molar refractivity (Wildman–Crippen MR) is 82.1 cm³/mol. The Morgan fingerprint density at radius 3 is 2.70 bits per heavy atom. The summed E-state index contributed by atoms with van der Waals surface area (Å²) in [5.41, 5.74) is 3.24. The van der Waals surface area contributed by atoms with E-state index in [0.29, 0.717) is 0 Å². The van der Waals surface area contributed by atoms with Crippen LogP contribution in [-0.4, -0.2) is 12.1 Å². The molecular formula is C17H16N2O. The molecule has 0 unspecified atom stereocenters. The minimum atomic E-state index is 0.739. The van der Waals surface area contributed by atoms with Crippen LogP contribution >= 0.6 is 0 Å². The molecule has 2 aromatic carbocycles. The molecule has 100 valence electrons. The number of nitrogens with zero attached hydrogens (tertiary/aromatic N) is 1. The van der Waals surface area contributed by atoms with Gasteiger partial charge in [0.1, 0.15) is 5.75 Å². The molecule has 0 saturated heterocycles. The fraction of sp³-hybridized carbons (Fsp3) is 0.118. The summed E-state index contributed by atoms with van der Waals surface area (Å²) < 4.78 is 5.35. The van der Waals surface area contributed by atoms with Crippen molar-refractivity contribution in [2.75, 3.05) is 12.4 Å². The van der Waals surface area contributed by atoms with Crippen molar-refractivity contribution in [2.45, 2.75) is 6.54 Å². The summed E-state index contributed by atoms with van der Waals surface area (Å²) in [5.74, 6) is 0.853. The number of hydrogen-bond donors (Lipinski definition) is 1. The van der Waals surface area contributed by atoms with Gasteiger partial charge in [0.25, 0.3) is 0 Å². The number of para-hydroxylation sites is 3. The molecule has 0 aliphatic heterocycles. The van der Waals surface area contributed by atoms with Gasteiger partial charge in [-0.05, 0) is 29.8 Å². The first-order chi connectivity index (χ1) is 9.88. The molecule has 0 radical (unpaired) electrons. The molecule has 0 aliphatic rings. The SMILES string of the molecule is COc1ccccc1NCc1ccnc2ccccc12. The van der Waals surface area contributed by atoms with Crippen molar-refractivity contribution in [2.24, 2.45) is 0 Å². The zero-order valence-electron chi connectivity index (χ0n) is 11.3. The minimum Gasteiger partial charge on any atom is -0.495 e. The molecule has 0 saturated carbocycles. The molecule has 20 heavy (non-hydrogen) atoms. The van der Waals surface area contributed by atoms with Gasteiger partial charge in [-0.15, -0.1) is 0 Å². The van der Waals surface area contributed by atoms with Gasteiger partial charge in [-0.2, -0.15) is 0 Å². The van der Waals surface area contributed by atoms with E-state index in [4.69, 9.17) is 4.74 Å². The summed E-state index contributed by atoms with van der Waals surface area (Å²) in [6.45, 7) is 0.739. The smallest absolute Gasteiger partial charge is 0.141 e. The van der Waals surface area contributed by atoms with Crippen LogP contribution in [0.4, 0.5) is 5.69 Å². The van der Waals surface area contributed by atoms with Gasteiger partial charge in [0.2, 0.25) is 0 Å². The van der Waals surface area contributed by atoms with Crippen LogP contribution in [0.25, 0.3) is 10.9 Å². The summed E-state index contributed by atoms with van der Waals surface area (Å²) in [6.07, 6.45) is 1.85. The summed E-state index contributed by atoms with van der Waals surface area (Å²) in [6, 6.07) is 18.1. The topological polar surface area (TPSA) is 34.1 Å². The summed E-state index contributed by atoms with van der Waals surface area (Å²) in [4.78, 5) is 4.38. The van der Waals surface area contributed by atoms with Gasteiger partial charge in [-0.3, -0.25) is 4.98 Å². The first kappa shape index (κ1) is 12.5. The van der Waals surface area contributed by atoms with Crippen molar-refractivity contribution in [3.05, 3.63) is 66.4 Å². The van der Waals surface area contributed by atoms with Gasteiger partial charge in [0.15, 0.2) is 0 Å². The number of aromatic nitrogens is 1. The van der Waals surface area contributed by atoms with Crippen LogP contribution in [0.1, 0.15) is 5.56 Å². The molecule has 1 N–H and O–H groups in total. The van der Waals surface area contributed by atoms with Crippen LogP contribution in [0.5, 0.6) is 5.75 Å². The fourth-order valence-electron chi connectivity index (χ4n) is 2.29. The maximum atomic E-state index is 5.35. The lowest BCUT2D eigenvalue weighted by atomic mass is 10.1. The molecule has 3 nitrogen and oxygen atoms in total. The van der Waals surface area contributed by atoms with E-state index in [1.54, 1.807) is 7.11 Å². The third kappa shape index (κ3) is 2.43. The number of nitrogens with one attached hydrogen (secondary N) is 1. The molecule has 0 spiro atoms. The zero-order chi connectivity index (χ0) is 13.8. The lowest BCUT2D eigenvalue weighted by Gasteiger charge is -2.12. The summed E-state index contributed by atoms with van der Waals surface area (Å²) in [5, 5.41) is 4.60. The highest BCUT2D eigenvalue weighted by molar-refractivity contribution is 5.82. The van der Waals surface area contributed by atoms with E-state index in [9.17, 15) is 0 Å². The Hall–Kier alpha value is -2.55. The molecule has 3 rings (SSSR count). The van der Waals surface area contributed by atoms with E-state index in [2.05, 4.69) is 16.4 Å². The monoisotopic (exact) mass is 264 g/mol. The van der Waals surface area contributed by atoms with Crippen LogP contribution in [0.3, 0.4) is 0 Å². The van der Waals surface area contributed by atoms with Crippen molar-refractivity contribution in [3.8, 4) is 5.75 Å². The molecule has 0 amide bonds. The van der Waals surface area contributed by atoms with Gasteiger partial charge < -0.3 is 10.1 Å². The maximum absolute atomic E-state index is 5.35. The third-order valence-corrected chi connectivity index (χ3v) is 3.32. The van der Waals surface area contributed by atoms with Crippen molar-refractivity contribution in [1.29, 1.82) is 0 Å². The average Bonchev–Trinajstić information content (AvgIpc) is 2.53. The van der Waals surface area contributed by atoms with E-state index in [1.807, 2.05) is 54.7 Å². The number of ether oxygens (including phenoxy) is 1. The highest BCUT2D eigenvalue weighted by Crippen LogP contribution is 2.24. The number of hydrogen-bond acceptors (Lipinski definition) is 3. The zero-order valence-corrected chi connectivity index (χ0v) is 11.3. The van der Waals surface area contributed by atoms with Gasteiger partial charge in [0, 0.05) is 18.1 Å². The highest BCUT2D eigenvalue weighted by Gasteiger charge is 2.04. The first-order valence-corrected chi connectivity index (χ1v) is 6.58. The second-order valence-corrected chi connectivity index (χ2v) is 4.54. The van der Waals surface area contributed by atoms with Gasteiger partial charge >= 0.3 is 0 Å². The molecule has 3 aromatic rings. The lowest BCUT2D eigenvalue weighted by Crippen LogP contribution is -2.02. The quantitative estimate of drug-likeness (QED) is 0.777. The van der Waals surface area contributed by atoms with Gasteiger partial charge in [-0.1, -0.05) is 30.3 Å². The Kier molecular flexibility index (Phi) is 3.50. The molecule has 0 aliphatic carbocycles. The number of benzene rings is 2. The van der Waals surface area contributed by atoms with E-state index in [-0.39, 0.29) is 0 Å². The molecule has 1 heterocycles. The number of methoxy groups -OCH3 is 1. The normalized spacial score (nSPS) is 10.4.